The van der Waals surface area contributed by atoms with E-state index >= 15 is 0 Å². The molecule has 0 atom stereocenters. The number of hydrogen-bond donors (Lipinski definition) is 0. The van der Waals surface area contributed by atoms with E-state index < -0.39 is 0 Å². The number of halogens is 1. The minimum absolute atomic E-state index is 0.566. The molecule has 0 aliphatic rings. The maximum absolute atomic E-state index is 5.82. The number of ether oxygens (including phenoxy) is 1. The number of nitrogens with zero attached hydrogens (tertiary/aromatic N) is 3. The molecule has 0 amide bonds. The molecule has 0 bridgehead atoms. The molecule has 2 rings (SSSR count). The minimum Gasteiger partial charge on any atom is -0.380 e. The standard InChI is InChI=1S/C13H18ClN3O/c1-3-18-9-8-17-12(6-7-14)16-11-5-4-10(2)15-13(11)17/h4-5H,3,6-9H2,1-2H3. The van der Waals surface area contributed by atoms with Crippen LogP contribution in [0.15, 0.2) is 12.1 Å². The highest BCUT2D eigenvalue weighted by molar-refractivity contribution is 6.17. The second-order valence-corrected chi connectivity index (χ2v) is 4.49. The number of fused-ring (bicyclic) bond motifs is 1. The highest BCUT2D eigenvalue weighted by atomic mass is 35.5. The Morgan fingerprint density at radius 2 is 2.17 bits per heavy atom. The zero-order valence-corrected chi connectivity index (χ0v) is 11.6. The number of aromatic nitrogens is 3. The summed E-state index contributed by atoms with van der Waals surface area (Å²) in [6.07, 6.45) is 0.753. The molecule has 0 aliphatic carbocycles. The van der Waals surface area contributed by atoms with Crippen LogP contribution in [0.3, 0.4) is 0 Å². The molecule has 0 aromatic carbocycles. The Kier molecular flexibility index (Phi) is 4.55. The fourth-order valence-corrected chi connectivity index (χ4v) is 2.12. The molecule has 98 valence electrons. The van der Waals surface area contributed by atoms with Gasteiger partial charge in [0.05, 0.1) is 6.61 Å². The lowest BCUT2D eigenvalue weighted by atomic mass is 10.3. The van der Waals surface area contributed by atoms with E-state index in [0.717, 1.165) is 42.3 Å². The van der Waals surface area contributed by atoms with Crippen LogP contribution in [0, 0.1) is 6.92 Å². The van der Waals surface area contributed by atoms with Gasteiger partial charge in [0.2, 0.25) is 0 Å². The van der Waals surface area contributed by atoms with Crippen molar-refractivity contribution in [2.24, 2.45) is 0 Å². The van der Waals surface area contributed by atoms with Crippen LogP contribution in [0.4, 0.5) is 0 Å². The largest absolute Gasteiger partial charge is 0.380 e. The van der Waals surface area contributed by atoms with Crippen LogP contribution in [-0.4, -0.2) is 33.6 Å². The van der Waals surface area contributed by atoms with Gasteiger partial charge in [-0.25, -0.2) is 9.97 Å². The van der Waals surface area contributed by atoms with Gasteiger partial charge in [0.25, 0.3) is 0 Å². The van der Waals surface area contributed by atoms with Gasteiger partial charge in [-0.3, -0.25) is 0 Å². The molecule has 2 aromatic rings. The van der Waals surface area contributed by atoms with Crippen LogP contribution in [0.25, 0.3) is 11.2 Å². The summed E-state index contributed by atoms with van der Waals surface area (Å²) < 4.78 is 7.52. The molecule has 18 heavy (non-hydrogen) atoms. The van der Waals surface area contributed by atoms with Gasteiger partial charge in [0, 0.05) is 31.1 Å². The van der Waals surface area contributed by atoms with Crippen molar-refractivity contribution >= 4 is 22.8 Å². The second kappa shape index (κ2) is 6.16. The highest BCUT2D eigenvalue weighted by Gasteiger charge is 2.11. The zero-order valence-electron chi connectivity index (χ0n) is 10.8. The quantitative estimate of drug-likeness (QED) is 0.597. The molecule has 0 aliphatic heterocycles. The van der Waals surface area contributed by atoms with Crippen molar-refractivity contribution in [3.8, 4) is 0 Å². The summed E-state index contributed by atoms with van der Waals surface area (Å²) in [6, 6.07) is 3.99. The first-order valence-corrected chi connectivity index (χ1v) is 6.76. The molecule has 2 heterocycles. The van der Waals surface area contributed by atoms with Gasteiger partial charge < -0.3 is 9.30 Å². The molecule has 0 saturated heterocycles. The first-order valence-electron chi connectivity index (χ1n) is 6.22. The van der Waals surface area contributed by atoms with Crippen LogP contribution in [-0.2, 0) is 17.7 Å². The van der Waals surface area contributed by atoms with Crippen molar-refractivity contribution in [3.05, 3.63) is 23.7 Å². The summed E-state index contributed by atoms with van der Waals surface area (Å²) in [5.41, 5.74) is 2.85. The third-order valence-corrected chi connectivity index (χ3v) is 2.98. The molecule has 0 fully saturated rings. The summed E-state index contributed by atoms with van der Waals surface area (Å²) in [5, 5.41) is 0. The Morgan fingerprint density at radius 3 is 2.89 bits per heavy atom. The normalized spacial score (nSPS) is 11.3. The van der Waals surface area contributed by atoms with E-state index in [1.165, 1.54) is 0 Å². The maximum Gasteiger partial charge on any atom is 0.160 e. The smallest absolute Gasteiger partial charge is 0.160 e. The third kappa shape index (κ3) is 2.82. The Balaban J connectivity index is 2.36. The van der Waals surface area contributed by atoms with Gasteiger partial charge in [-0.05, 0) is 26.0 Å². The predicted molar refractivity (Wildman–Crippen MR) is 73.2 cm³/mol. The highest BCUT2D eigenvalue weighted by Crippen LogP contribution is 2.15. The van der Waals surface area contributed by atoms with Crippen molar-refractivity contribution < 1.29 is 4.74 Å². The van der Waals surface area contributed by atoms with Crippen molar-refractivity contribution in [3.63, 3.8) is 0 Å². The first kappa shape index (κ1) is 13.3. The zero-order chi connectivity index (χ0) is 13.0. The molecule has 2 aromatic heterocycles. The monoisotopic (exact) mass is 267 g/mol. The number of rotatable bonds is 6. The summed E-state index contributed by atoms with van der Waals surface area (Å²) in [6.45, 7) is 6.15. The van der Waals surface area contributed by atoms with Gasteiger partial charge in [-0.1, -0.05) is 0 Å². The van der Waals surface area contributed by atoms with Crippen LogP contribution >= 0.6 is 11.6 Å². The Hall–Kier alpha value is -1.13. The van der Waals surface area contributed by atoms with Crippen LogP contribution in [0.5, 0.6) is 0 Å². The topological polar surface area (TPSA) is 39.9 Å². The lowest BCUT2D eigenvalue weighted by molar-refractivity contribution is 0.139. The van der Waals surface area contributed by atoms with E-state index in [0.29, 0.717) is 12.5 Å². The van der Waals surface area contributed by atoms with E-state index in [2.05, 4.69) is 14.5 Å². The summed E-state index contributed by atoms with van der Waals surface area (Å²) in [4.78, 5) is 9.14. The fraction of sp³-hybridized carbons (Fsp3) is 0.538. The Bertz CT molecular complexity index is 524. The molecular weight excluding hydrogens is 250 g/mol. The van der Waals surface area contributed by atoms with Crippen molar-refractivity contribution in [2.45, 2.75) is 26.8 Å². The summed E-state index contributed by atoms with van der Waals surface area (Å²) in [7, 11) is 0. The fourth-order valence-electron chi connectivity index (χ4n) is 1.95. The third-order valence-electron chi connectivity index (χ3n) is 2.79. The van der Waals surface area contributed by atoms with Gasteiger partial charge in [-0.2, -0.15) is 0 Å². The second-order valence-electron chi connectivity index (χ2n) is 4.11. The molecule has 0 saturated carbocycles. The summed E-state index contributed by atoms with van der Waals surface area (Å²) >= 11 is 5.82. The Morgan fingerprint density at radius 1 is 1.33 bits per heavy atom. The number of pyridine rings is 1. The Labute approximate surface area is 112 Å². The summed E-state index contributed by atoms with van der Waals surface area (Å²) in [5.74, 6) is 1.55. The molecular formula is C13H18ClN3O. The van der Waals surface area contributed by atoms with Crippen molar-refractivity contribution in [1.82, 2.24) is 14.5 Å². The van der Waals surface area contributed by atoms with Crippen LogP contribution in [0.1, 0.15) is 18.4 Å². The average molecular weight is 268 g/mol. The average Bonchev–Trinajstić information content (AvgIpc) is 2.68. The first-order chi connectivity index (χ1) is 8.76. The van der Waals surface area contributed by atoms with E-state index in [1.807, 2.05) is 26.0 Å². The van der Waals surface area contributed by atoms with Gasteiger partial charge in [-0.15, -0.1) is 11.6 Å². The lowest BCUT2D eigenvalue weighted by Crippen LogP contribution is -2.10. The minimum atomic E-state index is 0.566. The molecule has 0 spiro atoms. The van der Waals surface area contributed by atoms with E-state index in [-0.39, 0.29) is 0 Å². The maximum atomic E-state index is 5.82. The number of alkyl halides is 1. The van der Waals surface area contributed by atoms with Crippen LogP contribution < -0.4 is 0 Å². The number of imidazole rings is 1. The van der Waals surface area contributed by atoms with Gasteiger partial charge >= 0.3 is 0 Å². The SMILES string of the molecule is CCOCCn1c(CCCl)nc2ccc(C)nc21. The molecule has 0 unspecified atom stereocenters. The molecule has 0 radical (unpaired) electrons. The van der Waals surface area contributed by atoms with Crippen molar-refractivity contribution in [1.29, 1.82) is 0 Å². The van der Waals surface area contributed by atoms with Gasteiger partial charge in [0.1, 0.15) is 11.3 Å². The molecule has 4 nitrogen and oxygen atoms in total. The van der Waals surface area contributed by atoms with E-state index in [1.54, 1.807) is 0 Å². The number of aryl methyl sites for hydroxylation is 2. The molecule has 5 heteroatoms. The predicted octanol–water partition coefficient (Wildman–Crippen LogP) is 2.56. The lowest BCUT2D eigenvalue weighted by Gasteiger charge is -2.07. The van der Waals surface area contributed by atoms with Gasteiger partial charge in [0.15, 0.2) is 5.65 Å². The van der Waals surface area contributed by atoms with Crippen molar-refractivity contribution in [2.75, 3.05) is 19.1 Å². The van der Waals surface area contributed by atoms with E-state index in [4.69, 9.17) is 16.3 Å². The van der Waals surface area contributed by atoms with Crippen LogP contribution in [0.2, 0.25) is 0 Å². The molecule has 0 N–H and O–H groups in total. The van der Waals surface area contributed by atoms with E-state index in [9.17, 15) is 0 Å². The number of hydrogen-bond acceptors (Lipinski definition) is 3.